The van der Waals surface area contributed by atoms with E-state index < -0.39 is 0 Å². The molecular formula is C22H27N3O4. The second kappa shape index (κ2) is 9.82. The fourth-order valence-corrected chi connectivity index (χ4v) is 3.45. The Morgan fingerprint density at radius 1 is 1.03 bits per heavy atom. The van der Waals surface area contributed by atoms with Crippen molar-refractivity contribution in [3.05, 3.63) is 48.0 Å². The molecule has 154 valence electrons. The van der Waals surface area contributed by atoms with Crippen LogP contribution < -0.4 is 19.7 Å². The van der Waals surface area contributed by atoms with Gasteiger partial charge in [0.15, 0.2) is 0 Å². The molecule has 1 aliphatic heterocycles. The van der Waals surface area contributed by atoms with E-state index in [0.717, 1.165) is 36.5 Å². The first-order chi connectivity index (χ1) is 14.1. The number of para-hydroxylation sites is 1. The van der Waals surface area contributed by atoms with Crippen LogP contribution in [0, 0.1) is 0 Å². The molecule has 3 rings (SSSR count). The van der Waals surface area contributed by atoms with Crippen LogP contribution in [0.2, 0.25) is 0 Å². The lowest BCUT2D eigenvalue weighted by molar-refractivity contribution is -0.118. The van der Waals surface area contributed by atoms with Crippen molar-refractivity contribution in [3.8, 4) is 11.5 Å². The van der Waals surface area contributed by atoms with Gasteiger partial charge in [-0.2, -0.15) is 0 Å². The summed E-state index contributed by atoms with van der Waals surface area (Å²) in [5.41, 5.74) is 2.64. The number of anilines is 2. The highest BCUT2D eigenvalue weighted by Gasteiger charge is 2.18. The van der Waals surface area contributed by atoms with Gasteiger partial charge in [0.25, 0.3) is 0 Å². The molecule has 0 aliphatic carbocycles. The number of nitrogens with zero attached hydrogens (tertiary/aromatic N) is 2. The quantitative estimate of drug-likeness (QED) is 0.693. The zero-order valence-electron chi connectivity index (χ0n) is 16.9. The van der Waals surface area contributed by atoms with Crippen LogP contribution in [-0.2, 0) is 16.0 Å². The molecule has 0 radical (unpaired) electrons. The molecular weight excluding hydrogens is 370 g/mol. The molecule has 2 amide bonds. The number of aryl methyl sites for hydroxylation is 1. The van der Waals surface area contributed by atoms with Gasteiger partial charge in [-0.3, -0.25) is 9.59 Å². The van der Waals surface area contributed by atoms with Crippen LogP contribution in [-0.4, -0.2) is 57.6 Å². The van der Waals surface area contributed by atoms with Gasteiger partial charge in [0, 0.05) is 38.3 Å². The van der Waals surface area contributed by atoms with Crippen LogP contribution in [0.1, 0.15) is 12.0 Å². The number of hydrogen-bond acceptors (Lipinski definition) is 5. The predicted molar refractivity (Wildman–Crippen MR) is 113 cm³/mol. The lowest BCUT2D eigenvalue weighted by Crippen LogP contribution is -2.45. The van der Waals surface area contributed by atoms with Gasteiger partial charge in [-0.15, -0.1) is 0 Å². The summed E-state index contributed by atoms with van der Waals surface area (Å²) in [6.07, 6.45) is 1.82. The number of hydrogen-bond donors (Lipinski definition) is 1. The first-order valence-corrected chi connectivity index (χ1v) is 9.68. The van der Waals surface area contributed by atoms with Crippen molar-refractivity contribution >= 4 is 23.7 Å². The van der Waals surface area contributed by atoms with E-state index in [1.54, 1.807) is 19.1 Å². The molecule has 2 aromatic rings. The lowest BCUT2D eigenvalue weighted by Gasteiger charge is -2.34. The van der Waals surface area contributed by atoms with Gasteiger partial charge in [0.1, 0.15) is 11.5 Å². The Morgan fingerprint density at radius 3 is 2.45 bits per heavy atom. The number of amides is 2. The largest absolute Gasteiger partial charge is 0.496 e. The van der Waals surface area contributed by atoms with Gasteiger partial charge < -0.3 is 24.6 Å². The minimum absolute atomic E-state index is 0.0860. The number of carbonyl (C=O) groups excluding carboxylic acids is 2. The molecule has 29 heavy (non-hydrogen) atoms. The standard InChI is InChI=1S/C22H27N3O4/c1-28-20-6-4-3-5-17(20)7-10-22(27)23-19-15-18(8-9-21(19)29-2)25-13-11-24(16-26)12-14-25/h3-6,8-9,15-16H,7,10-14H2,1-2H3,(H,23,27). The molecule has 1 aliphatic rings. The van der Waals surface area contributed by atoms with Crippen molar-refractivity contribution in [2.75, 3.05) is 50.6 Å². The summed E-state index contributed by atoms with van der Waals surface area (Å²) in [6, 6.07) is 13.5. The van der Waals surface area contributed by atoms with Gasteiger partial charge in [-0.25, -0.2) is 0 Å². The topological polar surface area (TPSA) is 71.1 Å². The summed E-state index contributed by atoms with van der Waals surface area (Å²) in [5.74, 6) is 1.32. The highest BCUT2D eigenvalue weighted by Crippen LogP contribution is 2.30. The molecule has 0 unspecified atom stereocenters. The molecule has 0 spiro atoms. The smallest absolute Gasteiger partial charge is 0.224 e. The van der Waals surface area contributed by atoms with Gasteiger partial charge in [-0.05, 0) is 36.2 Å². The van der Waals surface area contributed by atoms with Crippen LogP contribution in [0.15, 0.2) is 42.5 Å². The summed E-state index contributed by atoms with van der Waals surface area (Å²) < 4.78 is 10.8. The number of carbonyl (C=O) groups is 2. The number of benzene rings is 2. The summed E-state index contributed by atoms with van der Waals surface area (Å²) in [4.78, 5) is 27.4. The number of piperazine rings is 1. The summed E-state index contributed by atoms with van der Waals surface area (Å²) >= 11 is 0. The zero-order chi connectivity index (χ0) is 20.6. The van der Waals surface area contributed by atoms with E-state index in [9.17, 15) is 9.59 Å². The Hall–Kier alpha value is -3.22. The third-order valence-electron chi connectivity index (χ3n) is 5.10. The zero-order valence-corrected chi connectivity index (χ0v) is 16.9. The highest BCUT2D eigenvalue weighted by atomic mass is 16.5. The normalized spacial score (nSPS) is 13.7. The van der Waals surface area contributed by atoms with Crippen LogP contribution in [0.4, 0.5) is 11.4 Å². The highest BCUT2D eigenvalue weighted by molar-refractivity contribution is 5.93. The molecule has 1 heterocycles. The van der Waals surface area contributed by atoms with Crippen molar-refractivity contribution in [1.29, 1.82) is 0 Å². The Kier molecular flexibility index (Phi) is 6.94. The molecule has 2 aromatic carbocycles. The second-order valence-corrected chi connectivity index (χ2v) is 6.87. The number of rotatable bonds is 8. The van der Waals surface area contributed by atoms with E-state index in [1.807, 2.05) is 42.5 Å². The van der Waals surface area contributed by atoms with Crippen molar-refractivity contribution in [2.24, 2.45) is 0 Å². The predicted octanol–water partition coefficient (Wildman–Crippen LogP) is 2.55. The van der Waals surface area contributed by atoms with Crippen LogP contribution in [0.25, 0.3) is 0 Å². The summed E-state index contributed by atoms with van der Waals surface area (Å²) in [6.45, 7) is 2.89. The Morgan fingerprint density at radius 2 is 1.76 bits per heavy atom. The van der Waals surface area contributed by atoms with Crippen molar-refractivity contribution in [2.45, 2.75) is 12.8 Å². The van der Waals surface area contributed by atoms with Crippen molar-refractivity contribution < 1.29 is 19.1 Å². The maximum Gasteiger partial charge on any atom is 0.224 e. The summed E-state index contributed by atoms with van der Waals surface area (Å²) in [5, 5.41) is 2.97. The minimum atomic E-state index is -0.0860. The van der Waals surface area contributed by atoms with E-state index in [-0.39, 0.29) is 5.91 Å². The SMILES string of the molecule is COc1ccccc1CCC(=O)Nc1cc(N2CCN(C=O)CC2)ccc1OC. The molecule has 7 nitrogen and oxygen atoms in total. The number of nitrogens with one attached hydrogen (secondary N) is 1. The third kappa shape index (κ3) is 5.19. The minimum Gasteiger partial charge on any atom is -0.496 e. The van der Waals surface area contributed by atoms with Crippen LogP contribution in [0.5, 0.6) is 11.5 Å². The fourth-order valence-electron chi connectivity index (χ4n) is 3.45. The monoisotopic (exact) mass is 397 g/mol. The van der Waals surface area contributed by atoms with Gasteiger partial charge in [0.05, 0.1) is 19.9 Å². The molecule has 1 saturated heterocycles. The fraction of sp³-hybridized carbons (Fsp3) is 0.364. The molecule has 0 atom stereocenters. The van der Waals surface area contributed by atoms with Gasteiger partial charge >= 0.3 is 0 Å². The van der Waals surface area contributed by atoms with E-state index >= 15 is 0 Å². The van der Waals surface area contributed by atoms with E-state index in [2.05, 4.69) is 10.2 Å². The lowest BCUT2D eigenvalue weighted by atomic mass is 10.1. The first kappa shape index (κ1) is 20.5. The maximum absolute atomic E-state index is 12.6. The van der Waals surface area contributed by atoms with E-state index in [0.29, 0.717) is 37.4 Å². The average molecular weight is 397 g/mol. The molecule has 1 fully saturated rings. The Bertz CT molecular complexity index is 848. The molecule has 1 N–H and O–H groups in total. The third-order valence-corrected chi connectivity index (χ3v) is 5.10. The van der Waals surface area contributed by atoms with Gasteiger partial charge in [0.2, 0.25) is 12.3 Å². The molecule has 0 saturated carbocycles. The van der Waals surface area contributed by atoms with Crippen molar-refractivity contribution in [1.82, 2.24) is 4.90 Å². The molecule has 0 bridgehead atoms. The maximum atomic E-state index is 12.6. The van der Waals surface area contributed by atoms with E-state index in [1.165, 1.54) is 0 Å². The van der Waals surface area contributed by atoms with Crippen LogP contribution in [0.3, 0.4) is 0 Å². The Labute approximate surface area is 171 Å². The van der Waals surface area contributed by atoms with Crippen molar-refractivity contribution in [3.63, 3.8) is 0 Å². The molecule has 0 aromatic heterocycles. The summed E-state index contributed by atoms with van der Waals surface area (Å²) in [7, 11) is 3.21. The molecule has 7 heteroatoms. The second-order valence-electron chi connectivity index (χ2n) is 6.87. The number of ether oxygens (including phenoxy) is 2. The van der Waals surface area contributed by atoms with E-state index in [4.69, 9.17) is 9.47 Å². The average Bonchev–Trinajstić information content (AvgIpc) is 2.78. The number of methoxy groups -OCH3 is 2. The first-order valence-electron chi connectivity index (χ1n) is 9.68. The Balaban J connectivity index is 1.65. The van der Waals surface area contributed by atoms with Crippen LogP contribution >= 0.6 is 0 Å². The van der Waals surface area contributed by atoms with Gasteiger partial charge in [-0.1, -0.05) is 18.2 Å².